The summed E-state index contributed by atoms with van der Waals surface area (Å²) in [5, 5.41) is 0.606. The maximum Gasteiger partial charge on any atom is 0.221 e. The molecule has 0 fully saturated rings. The zero-order valence-corrected chi connectivity index (χ0v) is 10.0. The second-order valence-electron chi connectivity index (χ2n) is 3.64. The highest BCUT2D eigenvalue weighted by molar-refractivity contribution is 6.30. The largest absolute Gasteiger partial charge is 0.439 e. The fourth-order valence-electron chi connectivity index (χ4n) is 1.32. The SMILES string of the molecule is Cc1ccc(Cl)cc1Oc1ccc(N)c(N)n1. The summed E-state index contributed by atoms with van der Waals surface area (Å²) in [4.78, 5) is 4.03. The minimum atomic E-state index is 0.252. The van der Waals surface area contributed by atoms with Gasteiger partial charge in [0.05, 0.1) is 5.69 Å². The van der Waals surface area contributed by atoms with Crippen molar-refractivity contribution in [3.05, 3.63) is 40.9 Å². The minimum Gasteiger partial charge on any atom is -0.439 e. The summed E-state index contributed by atoms with van der Waals surface area (Å²) in [6.45, 7) is 1.92. The first-order valence-corrected chi connectivity index (χ1v) is 5.40. The third-order valence-corrected chi connectivity index (χ3v) is 2.53. The smallest absolute Gasteiger partial charge is 0.221 e. The van der Waals surface area contributed by atoms with Gasteiger partial charge in [0.1, 0.15) is 5.75 Å². The van der Waals surface area contributed by atoms with E-state index in [9.17, 15) is 0 Å². The van der Waals surface area contributed by atoms with Gasteiger partial charge in [-0.3, -0.25) is 0 Å². The molecule has 0 radical (unpaired) electrons. The van der Waals surface area contributed by atoms with Gasteiger partial charge in [-0.15, -0.1) is 0 Å². The number of benzene rings is 1. The number of halogens is 1. The summed E-state index contributed by atoms with van der Waals surface area (Å²) in [5.41, 5.74) is 12.6. The molecule has 2 rings (SSSR count). The summed E-state index contributed by atoms with van der Waals surface area (Å²) >= 11 is 5.89. The third kappa shape index (κ3) is 2.60. The minimum absolute atomic E-state index is 0.252. The number of aromatic nitrogens is 1. The van der Waals surface area contributed by atoms with Gasteiger partial charge in [-0.25, -0.2) is 0 Å². The van der Waals surface area contributed by atoms with E-state index in [0.29, 0.717) is 22.3 Å². The first-order valence-electron chi connectivity index (χ1n) is 5.02. The molecule has 0 aliphatic rings. The van der Waals surface area contributed by atoms with E-state index in [1.165, 1.54) is 0 Å². The van der Waals surface area contributed by atoms with Crippen LogP contribution in [0.25, 0.3) is 0 Å². The number of hydrogen-bond donors (Lipinski definition) is 2. The predicted octanol–water partition coefficient (Wildman–Crippen LogP) is 3.00. The molecule has 17 heavy (non-hydrogen) atoms. The van der Waals surface area contributed by atoms with E-state index in [1.54, 1.807) is 24.3 Å². The Morgan fingerprint density at radius 3 is 2.65 bits per heavy atom. The number of nitrogens with two attached hydrogens (primary N) is 2. The van der Waals surface area contributed by atoms with Crippen LogP contribution in [0, 0.1) is 6.92 Å². The number of nitrogens with zero attached hydrogens (tertiary/aromatic N) is 1. The lowest BCUT2D eigenvalue weighted by molar-refractivity contribution is 0.460. The van der Waals surface area contributed by atoms with Gasteiger partial charge in [0, 0.05) is 11.1 Å². The van der Waals surface area contributed by atoms with Gasteiger partial charge < -0.3 is 16.2 Å². The molecule has 1 aromatic heterocycles. The molecule has 1 heterocycles. The van der Waals surface area contributed by atoms with E-state index in [1.807, 2.05) is 13.0 Å². The molecule has 0 saturated heterocycles. The quantitative estimate of drug-likeness (QED) is 0.858. The van der Waals surface area contributed by atoms with Gasteiger partial charge >= 0.3 is 0 Å². The fraction of sp³-hybridized carbons (Fsp3) is 0.0833. The van der Waals surface area contributed by atoms with Crippen molar-refractivity contribution in [1.29, 1.82) is 0 Å². The molecule has 0 amide bonds. The normalized spacial score (nSPS) is 10.2. The van der Waals surface area contributed by atoms with Crippen LogP contribution in [0.4, 0.5) is 11.5 Å². The molecule has 88 valence electrons. The second-order valence-corrected chi connectivity index (χ2v) is 4.07. The Labute approximate surface area is 104 Å². The number of rotatable bonds is 2. The monoisotopic (exact) mass is 249 g/mol. The fourth-order valence-corrected chi connectivity index (χ4v) is 1.48. The van der Waals surface area contributed by atoms with Crippen LogP contribution in [0.15, 0.2) is 30.3 Å². The van der Waals surface area contributed by atoms with Crippen molar-refractivity contribution in [3.8, 4) is 11.6 Å². The number of ether oxygens (including phenoxy) is 1. The van der Waals surface area contributed by atoms with Crippen molar-refractivity contribution in [2.45, 2.75) is 6.92 Å². The highest BCUT2D eigenvalue weighted by Crippen LogP contribution is 2.28. The van der Waals surface area contributed by atoms with Gasteiger partial charge in [-0.2, -0.15) is 4.98 Å². The molecule has 4 nitrogen and oxygen atoms in total. The van der Waals surface area contributed by atoms with Gasteiger partial charge in [-0.1, -0.05) is 17.7 Å². The Morgan fingerprint density at radius 2 is 1.94 bits per heavy atom. The van der Waals surface area contributed by atoms with Gasteiger partial charge in [0.2, 0.25) is 5.88 Å². The van der Waals surface area contributed by atoms with E-state index in [-0.39, 0.29) is 5.82 Å². The number of pyridine rings is 1. The van der Waals surface area contributed by atoms with Crippen LogP contribution in [0.3, 0.4) is 0 Å². The van der Waals surface area contributed by atoms with Crippen molar-refractivity contribution in [1.82, 2.24) is 4.98 Å². The van der Waals surface area contributed by atoms with Crippen LogP contribution >= 0.6 is 11.6 Å². The van der Waals surface area contributed by atoms with E-state index < -0.39 is 0 Å². The van der Waals surface area contributed by atoms with Crippen molar-refractivity contribution in [3.63, 3.8) is 0 Å². The summed E-state index contributed by atoms with van der Waals surface area (Å²) in [6.07, 6.45) is 0. The molecular formula is C12H12ClN3O. The summed E-state index contributed by atoms with van der Waals surface area (Å²) in [5.74, 6) is 1.29. The molecule has 1 aromatic carbocycles. The number of aryl methyl sites for hydroxylation is 1. The number of nitrogen functional groups attached to an aromatic ring is 2. The summed E-state index contributed by atoms with van der Waals surface area (Å²) < 4.78 is 5.59. The number of anilines is 2. The average molecular weight is 250 g/mol. The first kappa shape index (κ1) is 11.5. The maximum atomic E-state index is 5.89. The lowest BCUT2D eigenvalue weighted by atomic mass is 10.2. The lowest BCUT2D eigenvalue weighted by Gasteiger charge is -2.09. The molecule has 4 N–H and O–H groups in total. The van der Waals surface area contributed by atoms with Crippen LogP contribution in [-0.4, -0.2) is 4.98 Å². The van der Waals surface area contributed by atoms with Gasteiger partial charge in [0.15, 0.2) is 5.82 Å². The van der Waals surface area contributed by atoms with Crippen molar-refractivity contribution in [2.75, 3.05) is 11.5 Å². The van der Waals surface area contributed by atoms with Gasteiger partial charge in [0.25, 0.3) is 0 Å². The molecule has 0 aliphatic carbocycles. The third-order valence-electron chi connectivity index (χ3n) is 2.30. The van der Waals surface area contributed by atoms with E-state index in [2.05, 4.69) is 4.98 Å². The van der Waals surface area contributed by atoms with Crippen LogP contribution in [0.5, 0.6) is 11.6 Å². The Hall–Kier alpha value is -1.94. The van der Waals surface area contributed by atoms with E-state index >= 15 is 0 Å². The van der Waals surface area contributed by atoms with E-state index in [4.69, 9.17) is 27.8 Å². The molecule has 0 spiro atoms. The van der Waals surface area contributed by atoms with Crippen LogP contribution in [0.2, 0.25) is 5.02 Å². The molecule has 0 bridgehead atoms. The number of hydrogen-bond acceptors (Lipinski definition) is 4. The molecule has 0 saturated carbocycles. The lowest BCUT2D eigenvalue weighted by Crippen LogP contribution is -1.99. The topological polar surface area (TPSA) is 74.2 Å². The Bertz CT molecular complexity index is 557. The van der Waals surface area contributed by atoms with Crippen molar-refractivity contribution in [2.24, 2.45) is 0 Å². The zero-order valence-electron chi connectivity index (χ0n) is 9.27. The van der Waals surface area contributed by atoms with Crippen molar-refractivity contribution < 1.29 is 4.74 Å². The second kappa shape index (κ2) is 4.51. The van der Waals surface area contributed by atoms with Gasteiger partial charge in [-0.05, 0) is 30.7 Å². The Balaban J connectivity index is 2.31. The standard InChI is InChI=1S/C12H12ClN3O/c1-7-2-3-8(13)6-10(7)17-11-5-4-9(14)12(15)16-11/h2-6H,14H2,1H3,(H2,15,16). The molecule has 5 heteroatoms. The van der Waals surface area contributed by atoms with Crippen molar-refractivity contribution >= 4 is 23.1 Å². The van der Waals surface area contributed by atoms with Crippen LogP contribution in [0.1, 0.15) is 5.56 Å². The molecule has 0 unspecified atom stereocenters. The zero-order chi connectivity index (χ0) is 12.4. The highest BCUT2D eigenvalue weighted by atomic mass is 35.5. The first-order chi connectivity index (χ1) is 8.06. The van der Waals surface area contributed by atoms with E-state index in [0.717, 1.165) is 5.56 Å². The molecule has 2 aromatic rings. The Kier molecular flexibility index (Phi) is 3.06. The predicted molar refractivity (Wildman–Crippen MR) is 69.3 cm³/mol. The maximum absolute atomic E-state index is 5.89. The molecule has 0 aliphatic heterocycles. The average Bonchev–Trinajstić information content (AvgIpc) is 2.29. The van der Waals surface area contributed by atoms with Crippen LogP contribution < -0.4 is 16.2 Å². The summed E-state index contributed by atoms with van der Waals surface area (Å²) in [6, 6.07) is 8.71. The molecular weight excluding hydrogens is 238 g/mol. The molecule has 0 atom stereocenters. The van der Waals surface area contributed by atoms with Crippen LogP contribution in [-0.2, 0) is 0 Å². The highest BCUT2D eigenvalue weighted by Gasteiger charge is 2.05. The summed E-state index contributed by atoms with van der Waals surface area (Å²) in [7, 11) is 0. The Morgan fingerprint density at radius 1 is 1.18 bits per heavy atom.